The Morgan fingerprint density at radius 3 is 2.50 bits per heavy atom. The van der Waals surface area contributed by atoms with E-state index in [4.69, 9.17) is 0 Å². The van der Waals surface area contributed by atoms with Gasteiger partial charge in [-0.3, -0.25) is 9.00 Å². The maximum atomic E-state index is 12.1. The molecule has 3 rings (SSSR count). The van der Waals surface area contributed by atoms with Crippen molar-refractivity contribution in [2.45, 2.75) is 11.4 Å². The van der Waals surface area contributed by atoms with Crippen molar-refractivity contribution in [3.05, 3.63) is 72.2 Å². The van der Waals surface area contributed by atoms with E-state index in [1.54, 1.807) is 36.7 Å². The van der Waals surface area contributed by atoms with Crippen molar-refractivity contribution in [2.24, 2.45) is 0 Å². The fourth-order valence-corrected chi connectivity index (χ4v) is 2.80. The van der Waals surface area contributed by atoms with Crippen LogP contribution in [0.5, 0.6) is 0 Å². The van der Waals surface area contributed by atoms with E-state index in [1.807, 2.05) is 30.3 Å². The summed E-state index contributed by atoms with van der Waals surface area (Å²) in [5.74, 6) is 0.495. The van der Waals surface area contributed by atoms with Crippen molar-refractivity contribution in [1.82, 2.24) is 15.3 Å². The van der Waals surface area contributed by atoms with Crippen molar-refractivity contribution in [3.8, 4) is 11.3 Å². The normalized spacial score (nSPS) is 11.9. The summed E-state index contributed by atoms with van der Waals surface area (Å²) in [5.41, 5.74) is 2.49. The molecular formula is C18H17N3O2S. The average Bonchev–Trinajstić information content (AvgIpc) is 3.09. The SMILES string of the molecule is CS(=O)c1ccc(C(=O)NCc2ncc(-c3ccccc3)[nH]2)cc1. The first-order valence-electron chi connectivity index (χ1n) is 7.44. The number of imidazole rings is 1. The topological polar surface area (TPSA) is 74.8 Å². The molecule has 24 heavy (non-hydrogen) atoms. The third-order valence-electron chi connectivity index (χ3n) is 3.58. The number of hydrogen-bond donors (Lipinski definition) is 2. The number of carbonyl (C=O) groups excluding carboxylic acids is 1. The average molecular weight is 339 g/mol. The molecule has 2 N–H and O–H groups in total. The molecule has 5 nitrogen and oxygen atoms in total. The van der Waals surface area contributed by atoms with Gasteiger partial charge in [-0.2, -0.15) is 0 Å². The van der Waals surface area contributed by atoms with Crippen LogP contribution in [0.15, 0.2) is 65.7 Å². The number of nitrogens with zero attached hydrogens (tertiary/aromatic N) is 1. The molecule has 0 aliphatic rings. The van der Waals surface area contributed by atoms with Gasteiger partial charge in [0, 0.05) is 27.5 Å². The van der Waals surface area contributed by atoms with Crippen LogP contribution in [0.1, 0.15) is 16.2 Å². The highest BCUT2D eigenvalue weighted by Gasteiger charge is 2.08. The zero-order valence-electron chi connectivity index (χ0n) is 13.2. The van der Waals surface area contributed by atoms with Crippen LogP contribution in [0.25, 0.3) is 11.3 Å². The van der Waals surface area contributed by atoms with E-state index in [0.29, 0.717) is 22.8 Å². The Balaban J connectivity index is 1.62. The molecule has 3 aromatic rings. The molecule has 1 aromatic heterocycles. The van der Waals surface area contributed by atoms with Gasteiger partial charge in [0.05, 0.1) is 18.4 Å². The lowest BCUT2D eigenvalue weighted by Crippen LogP contribution is -2.23. The summed E-state index contributed by atoms with van der Waals surface area (Å²) in [4.78, 5) is 20.3. The first-order valence-corrected chi connectivity index (χ1v) is 9.00. The van der Waals surface area contributed by atoms with Gasteiger partial charge < -0.3 is 10.3 Å². The van der Waals surface area contributed by atoms with E-state index in [9.17, 15) is 9.00 Å². The third-order valence-corrected chi connectivity index (χ3v) is 4.51. The predicted molar refractivity (Wildman–Crippen MR) is 94.0 cm³/mol. The molecule has 0 aliphatic heterocycles. The number of H-pyrrole nitrogens is 1. The third kappa shape index (κ3) is 3.78. The Morgan fingerprint density at radius 1 is 1.12 bits per heavy atom. The van der Waals surface area contributed by atoms with E-state index >= 15 is 0 Å². The molecule has 0 spiro atoms. The zero-order chi connectivity index (χ0) is 16.9. The number of hydrogen-bond acceptors (Lipinski definition) is 3. The second-order valence-electron chi connectivity index (χ2n) is 5.27. The summed E-state index contributed by atoms with van der Waals surface area (Å²) >= 11 is 0. The number of amides is 1. The molecule has 0 radical (unpaired) electrons. The first-order chi connectivity index (χ1) is 11.6. The molecule has 0 fully saturated rings. The predicted octanol–water partition coefficient (Wildman–Crippen LogP) is 2.74. The lowest BCUT2D eigenvalue weighted by Gasteiger charge is -2.04. The highest BCUT2D eigenvalue weighted by molar-refractivity contribution is 7.84. The smallest absolute Gasteiger partial charge is 0.251 e. The van der Waals surface area contributed by atoms with Crippen LogP contribution < -0.4 is 5.32 Å². The quantitative estimate of drug-likeness (QED) is 0.750. The summed E-state index contributed by atoms with van der Waals surface area (Å²) in [6, 6.07) is 16.6. The number of benzene rings is 2. The summed E-state index contributed by atoms with van der Waals surface area (Å²) in [5, 5.41) is 2.82. The van der Waals surface area contributed by atoms with Crippen molar-refractivity contribution in [1.29, 1.82) is 0 Å². The van der Waals surface area contributed by atoms with Crippen LogP contribution in [0.2, 0.25) is 0 Å². The van der Waals surface area contributed by atoms with Crippen LogP contribution in [-0.4, -0.2) is 26.3 Å². The lowest BCUT2D eigenvalue weighted by molar-refractivity contribution is 0.0950. The minimum atomic E-state index is -1.05. The van der Waals surface area contributed by atoms with Crippen molar-refractivity contribution < 1.29 is 9.00 Å². The van der Waals surface area contributed by atoms with Gasteiger partial charge in [0.15, 0.2) is 0 Å². The fraction of sp³-hybridized carbons (Fsp3) is 0.111. The second kappa shape index (κ2) is 7.23. The molecule has 2 aromatic carbocycles. The van der Waals surface area contributed by atoms with E-state index in [0.717, 1.165) is 11.3 Å². The molecule has 0 saturated carbocycles. The minimum Gasteiger partial charge on any atom is -0.345 e. The highest BCUT2D eigenvalue weighted by Crippen LogP contribution is 2.16. The molecular weight excluding hydrogens is 322 g/mol. The molecule has 1 heterocycles. The molecule has 1 amide bonds. The van der Waals surface area contributed by atoms with Crippen LogP contribution in [0.4, 0.5) is 0 Å². The largest absolute Gasteiger partial charge is 0.345 e. The summed E-state index contributed by atoms with van der Waals surface area (Å²) < 4.78 is 11.4. The molecule has 0 aliphatic carbocycles. The Labute approximate surface area is 142 Å². The van der Waals surface area contributed by atoms with Gasteiger partial charge in [-0.25, -0.2) is 4.98 Å². The van der Waals surface area contributed by atoms with Gasteiger partial charge in [-0.1, -0.05) is 30.3 Å². The van der Waals surface area contributed by atoms with Gasteiger partial charge in [0.1, 0.15) is 5.82 Å². The Kier molecular flexibility index (Phi) is 4.86. The maximum Gasteiger partial charge on any atom is 0.251 e. The van der Waals surface area contributed by atoms with Gasteiger partial charge >= 0.3 is 0 Å². The molecule has 122 valence electrons. The zero-order valence-corrected chi connectivity index (χ0v) is 14.0. The maximum absolute atomic E-state index is 12.1. The number of carbonyl (C=O) groups is 1. The Hall–Kier alpha value is -2.73. The van der Waals surface area contributed by atoms with Crippen molar-refractivity contribution in [3.63, 3.8) is 0 Å². The monoisotopic (exact) mass is 339 g/mol. The number of rotatable bonds is 5. The standard InChI is InChI=1S/C18H17N3O2S/c1-24(23)15-9-7-14(8-10-15)18(22)20-12-17-19-11-16(21-17)13-5-3-2-4-6-13/h2-11H,12H2,1H3,(H,19,21)(H,20,22). The van der Waals surface area contributed by atoms with Crippen LogP contribution in [0, 0.1) is 0 Å². The van der Waals surface area contributed by atoms with Gasteiger partial charge in [-0.15, -0.1) is 0 Å². The van der Waals surface area contributed by atoms with Crippen LogP contribution in [0.3, 0.4) is 0 Å². The second-order valence-corrected chi connectivity index (χ2v) is 6.65. The molecule has 6 heteroatoms. The fourth-order valence-electron chi connectivity index (χ4n) is 2.28. The van der Waals surface area contributed by atoms with Gasteiger partial charge in [0.2, 0.25) is 0 Å². The summed E-state index contributed by atoms with van der Waals surface area (Å²) in [6.07, 6.45) is 3.36. The Bertz CT molecular complexity index is 857. The molecule has 0 bridgehead atoms. The molecule has 1 unspecified atom stereocenters. The van der Waals surface area contributed by atoms with E-state index in [-0.39, 0.29) is 5.91 Å². The number of nitrogens with one attached hydrogen (secondary N) is 2. The van der Waals surface area contributed by atoms with E-state index in [2.05, 4.69) is 15.3 Å². The summed E-state index contributed by atoms with van der Waals surface area (Å²) in [6.45, 7) is 0.313. The summed E-state index contributed by atoms with van der Waals surface area (Å²) in [7, 11) is -1.05. The Morgan fingerprint density at radius 2 is 1.83 bits per heavy atom. The lowest BCUT2D eigenvalue weighted by atomic mass is 10.2. The number of aromatic amines is 1. The van der Waals surface area contributed by atoms with Gasteiger partial charge in [0.25, 0.3) is 5.91 Å². The van der Waals surface area contributed by atoms with Crippen LogP contribution >= 0.6 is 0 Å². The van der Waals surface area contributed by atoms with Crippen LogP contribution in [-0.2, 0) is 17.3 Å². The van der Waals surface area contributed by atoms with Gasteiger partial charge in [-0.05, 0) is 29.8 Å². The first kappa shape index (κ1) is 16.1. The molecule has 0 saturated heterocycles. The minimum absolute atomic E-state index is 0.193. The van der Waals surface area contributed by atoms with Crippen molar-refractivity contribution >= 4 is 16.7 Å². The highest BCUT2D eigenvalue weighted by atomic mass is 32.2. The van der Waals surface area contributed by atoms with Crippen molar-refractivity contribution in [2.75, 3.05) is 6.26 Å². The number of aromatic nitrogens is 2. The van der Waals surface area contributed by atoms with E-state index in [1.165, 1.54) is 0 Å². The van der Waals surface area contributed by atoms with E-state index < -0.39 is 10.8 Å². The molecule has 1 atom stereocenters.